The number of fused-ring (bicyclic) bond motifs is 1. The number of carbonyl (C=O) groups is 1. The number of amides is 1. The van der Waals surface area contributed by atoms with Gasteiger partial charge in [-0.05, 0) is 46.6 Å². The summed E-state index contributed by atoms with van der Waals surface area (Å²) in [5.41, 5.74) is 1.43. The lowest BCUT2D eigenvalue weighted by Gasteiger charge is -2.09. The molecule has 0 aliphatic carbocycles. The van der Waals surface area contributed by atoms with E-state index in [9.17, 15) is 4.79 Å². The van der Waals surface area contributed by atoms with E-state index in [1.807, 2.05) is 34.9 Å². The lowest BCUT2D eigenvalue weighted by molar-refractivity contribution is 0.0997. The van der Waals surface area contributed by atoms with E-state index in [1.165, 1.54) is 11.3 Å². The number of rotatable bonds is 5. The van der Waals surface area contributed by atoms with Crippen molar-refractivity contribution in [3.63, 3.8) is 0 Å². The number of hydrogen-bond donors (Lipinski definition) is 0. The van der Waals surface area contributed by atoms with Gasteiger partial charge in [0.05, 0.1) is 19.8 Å². The molecule has 0 N–H and O–H groups in total. The van der Waals surface area contributed by atoms with E-state index in [0.717, 1.165) is 39.2 Å². The largest absolute Gasteiger partial charge is 0.495 e. The van der Waals surface area contributed by atoms with Crippen molar-refractivity contribution in [2.45, 2.75) is 19.9 Å². The minimum absolute atomic E-state index is 0.285. The Morgan fingerprint density at radius 1 is 1.15 bits per heavy atom. The maximum Gasteiger partial charge on any atom is 0.280 e. The predicted molar refractivity (Wildman–Crippen MR) is 107 cm³/mol. The molecule has 7 heteroatoms. The smallest absolute Gasteiger partial charge is 0.280 e. The van der Waals surface area contributed by atoms with Crippen molar-refractivity contribution in [1.82, 2.24) is 4.57 Å². The molecular weight excluding hydrogens is 416 g/mol. The van der Waals surface area contributed by atoms with Crippen molar-refractivity contribution >= 4 is 43.4 Å². The van der Waals surface area contributed by atoms with E-state index < -0.39 is 0 Å². The molecule has 0 atom stereocenters. The average molecular weight is 435 g/mol. The van der Waals surface area contributed by atoms with Gasteiger partial charge < -0.3 is 14.0 Å². The molecule has 0 fully saturated rings. The number of carbonyl (C=O) groups excluding carboxylic acids is 1. The van der Waals surface area contributed by atoms with Gasteiger partial charge in [-0.2, -0.15) is 4.99 Å². The Hall–Kier alpha value is -2.12. The monoisotopic (exact) mass is 434 g/mol. The minimum Gasteiger partial charge on any atom is -0.495 e. The van der Waals surface area contributed by atoms with Crippen LogP contribution in [-0.2, 0) is 6.54 Å². The van der Waals surface area contributed by atoms with Gasteiger partial charge in [0.2, 0.25) is 0 Å². The number of aromatic nitrogens is 1. The van der Waals surface area contributed by atoms with Crippen molar-refractivity contribution in [3.8, 4) is 11.5 Å². The summed E-state index contributed by atoms with van der Waals surface area (Å²) in [6.07, 6.45) is 0.905. The predicted octanol–water partition coefficient (Wildman–Crippen LogP) is 4.63. The molecule has 0 saturated heterocycles. The Labute approximate surface area is 164 Å². The molecule has 5 nitrogen and oxygen atoms in total. The zero-order chi connectivity index (χ0) is 18.7. The van der Waals surface area contributed by atoms with Crippen LogP contribution in [-0.4, -0.2) is 24.7 Å². The van der Waals surface area contributed by atoms with Crippen molar-refractivity contribution in [1.29, 1.82) is 0 Å². The first-order chi connectivity index (χ1) is 12.6. The van der Waals surface area contributed by atoms with E-state index in [2.05, 4.69) is 27.8 Å². The van der Waals surface area contributed by atoms with Crippen LogP contribution >= 0.6 is 27.3 Å². The number of halogens is 1. The Balaban J connectivity index is 2.27. The number of ether oxygens (including phenoxy) is 2. The molecule has 1 aromatic heterocycles. The van der Waals surface area contributed by atoms with E-state index in [1.54, 1.807) is 20.3 Å². The van der Waals surface area contributed by atoms with Crippen molar-refractivity contribution in [2.75, 3.05) is 14.2 Å². The number of hydrogen-bond acceptors (Lipinski definition) is 4. The van der Waals surface area contributed by atoms with Gasteiger partial charge in [-0.3, -0.25) is 4.79 Å². The molecule has 1 heterocycles. The summed E-state index contributed by atoms with van der Waals surface area (Å²) in [7, 11) is 3.27. The second-order valence-corrected chi connectivity index (χ2v) is 7.41. The standard InChI is InChI=1S/C19H19BrN2O3S/c1-4-11-22-16-14(24-2)9-10-15(25-3)17(16)26-19(22)21-18(23)12-7-5-6-8-13(12)20/h5-10H,4,11H2,1-3H3. The van der Waals surface area contributed by atoms with Crippen LogP contribution in [0, 0.1) is 0 Å². The molecule has 1 amide bonds. The highest BCUT2D eigenvalue weighted by Crippen LogP contribution is 2.35. The van der Waals surface area contributed by atoms with Crippen LogP contribution in [0.4, 0.5) is 0 Å². The second kappa shape index (κ2) is 8.05. The zero-order valence-electron chi connectivity index (χ0n) is 14.8. The highest BCUT2D eigenvalue weighted by atomic mass is 79.9. The van der Waals surface area contributed by atoms with Crippen molar-refractivity contribution < 1.29 is 14.3 Å². The van der Waals surface area contributed by atoms with Gasteiger partial charge in [-0.25, -0.2) is 0 Å². The third kappa shape index (κ3) is 3.41. The zero-order valence-corrected chi connectivity index (χ0v) is 17.2. The molecule has 0 unspecified atom stereocenters. The average Bonchev–Trinajstić information content (AvgIpc) is 3.00. The van der Waals surface area contributed by atoms with Gasteiger partial charge in [0.25, 0.3) is 5.91 Å². The Kier molecular flexibility index (Phi) is 5.78. The van der Waals surface area contributed by atoms with Crippen LogP contribution in [0.5, 0.6) is 11.5 Å². The Morgan fingerprint density at radius 2 is 1.85 bits per heavy atom. The molecule has 0 aliphatic heterocycles. The third-order valence-electron chi connectivity index (χ3n) is 3.94. The summed E-state index contributed by atoms with van der Waals surface area (Å²) >= 11 is 4.84. The third-order valence-corrected chi connectivity index (χ3v) is 5.73. The van der Waals surface area contributed by atoms with E-state index in [0.29, 0.717) is 10.4 Å². The van der Waals surface area contributed by atoms with E-state index >= 15 is 0 Å². The number of benzene rings is 2. The lowest BCUT2D eigenvalue weighted by atomic mass is 10.2. The second-order valence-electron chi connectivity index (χ2n) is 5.58. The van der Waals surface area contributed by atoms with E-state index in [-0.39, 0.29) is 5.91 Å². The fraction of sp³-hybridized carbons (Fsp3) is 0.263. The number of aryl methyl sites for hydroxylation is 1. The highest BCUT2D eigenvalue weighted by molar-refractivity contribution is 9.10. The first-order valence-corrected chi connectivity index (χ1v) is 9.79. The van der Waals surface area contributed by atoms with Crippen LogP contribution in [0.1, 0.15) is 23.7 Å². The van der Waals surface area contributed by atoms with Gasteiger partial charge in [-0.15, -0.1) is 0 Å². The highest BCUT2D eigenvalue weighted by Gasteiger charge is 2.17. The van der Waals surface area contributed by atoms with Crippen LogP contribution < -0.4 is 14.3 Å². The van der Waals surface area contributed by atoms with Crippen molar-refractivity contribution in [2.24, 2.45) is 4.99 Å². The maximum absolute atomic E-state index is 12.7. The van der Waals surface area contributed by atoms with Gasteiger partial charge in [-0.1, -0.05) is 30.4 Å². The first kappa shape index (κ1) is 18.7. The number of nitrogens with zero attached hydrogens (tertiary/aromatic N) is 2. The first-order valence-electron chi connectivity index (χ1n) is 8.18. The number of methoxy groups -OCH3 is 2. The molecule has 0 radical (unpaired) electrons. The topological polar surface area (TPSA) is 52.8 Å². The summed E-state index contributed by atoms with van der Waals surface area (Å²) in [5, 5.41) is 0. The normalized spacial score (nSPS) is 11.8. The fourth-order valence-electron chi connectivity index (χ4n) is 2.75. The lowest BCUT2D eigenvalue weighted by Crippen LogP contribution is -2.17. The molecule has 26 heavy (non-hydrogen) atoms. The number of thiazole rings is 1. The summed E-state index contributed by atoms with van der Waals surface area (Å²) < 4.78 is 14.7. The SMILES string of the molecule is CCCn1c(=NC(=O)c2ccccc2Br)sc2c(OC)ccc(OC)c21. The summed E-state index contributed by atoms with van der Waals surface area (Å²) in [6, 6.07) is 11.0. The molecular formula is C19H19BrN2O3S. The van der Waals surface area contributed by atoms with Crippen LogP contribution in [0.2, 0.25) is 0 Å². The van der Waals surface area contributed by atoms with Gasteiger partial charge in [0, 0.05) is 11.0 Å². The van der Waals surface area contributed by atoms with Crippen LogP contribution in [0.25, 0.3) is 10.2 Å². The molecule has 3 aromatic rings. The summed E-state index contributed by atoms with van der Waals surface area (Å²) in [6.45, 7) is 2.81. The van der Waals surface area contributed by atoms with Gasteiger partial charge in [0.1, 0.15) is 21.7 Å². The Morgan fingerprint density at radius 3 is 2.50 bits per heavy atom. The van der Waals surface area contributed by atoms with Gasteiger partial charge in [0.15, 0.2) is 4.80 Å². The molecule has 0 saturated carbocycles. The van der Waals surface area contributed by atoms with Crippen LogP contribution in [0.3, 0.4) is 0 Å². The quantitative estimate of drug-likeness (QED) is 0.587. The molecule has 0 spiro atoms. The molecule has 136 valence electrons. The van der Waals surface area contributed by atoms with E-state index in [4.69, 9.17) is 9.47 Å². The molecule has 3 rings (SSSR count). The molecule has 2 aromatic carbocycles. The maximum atomic E-state index is 12.7. The minimum atomic E-state index is -0.285. The molecule has 0 bridgehead atoms. The van der Waals surface area contributed by atoms with Crippen molar-refractivity contribution in [3.05, 3.63) is 51.2 Å². The fourth-order valence-corrected chi connectivity index (χ4v) is 4.37. The Bertz CT molecular complexity index is 1020. The van der Waals surface area contributed by atoms with Gasteiger partial charge >= 0.3 is 0 Å². The summed E-state index contributed by atoms with van der Waals surface area (Å²) in [4.78, 5) is 17.7. The summed E-state index contributed by atoms with van der Waals surface area (Å²) in [5.74, 6) is 1.19. The molecule has 0 aliphatic rings. The van der Waals surface area contributed by atoms with Crippen LogP contribution in [0.15, 0.2) is 45.9 Å².